The van der Waals surface area contributed by atoms with Gasteiger partial charge in [0.15, 0.2) is 0 Å². The third kappa shape index (κ3) is 6.06. The first kappa shape index (κ1) is 27.2. The summed E-state index contributed by atoms with van der Waals surface area (Å²) in [4.78, 5) is 28.0. The van der Waals surface area contributed by atoms with Crippen molar-refractivity contribution in [1.82, 2.24) is 10.2 Å². The van der Waals surface area contributed by atoms with Crippen molar-refractivity contribution in [3.63, 3.8) is 0 Å². The lowest BCUT2D eigenvalue weighted by Crippen LogP contribution is -2.51. The quantitative estimate of drug-likeness (QED) is 0.423. The molecule has 7 nitrogen and oxygen atoms in total. The molecule has 0 heterocycles. The largest absolute Gasteiger partial charge is 0.357 e. The van der Waals surface area contributed by atoms with Crippen LogP contribution in [0.3, 0.4) is 0 Å². The molecule has 0 bridgehead atoms. The molecule has 2 amide bonds. The number of rotatable bonds is 10. The number of carbonyl (C=O) groups is 2. The van der Waals surface area contributed by atoms with E-state index in [1.165, 1.54) is 24.1 Å². The van der Waals surface area contributed by atoms with Crippen molar-refractivity contribution in [2.24, 2.45) is 0 Å². The van der Waals surface area contributed by atoms with E-state index >= 15 is 0 Å². The van der Waals surface area contributed by atoms with Gasteiger partial charge in [-0.3, -0.25) is 13.9 Å². The molecule has 36 heavy (non-hydrogen) atoms. The maximum Gasteiger partial charge on any atom is 0.264 e. The van der Waals surface area contributed by atoms with Crippen LogP contribution in [-0.2, 0) is 26.2 Å². The van der Waals surface area contributed by atoms with Gasteiger partial charge in [0.1, 0.15) is 12.6 Å². The maximum absolute atomic E-state index is 13.8. The van der Waals surface area contributed by atoms with Crippen LogP contribution in [0.4, 0.5) is 5.69 Å². The smallest absolute Gasteiger partial charge is 0.264 e. The van der Waals surface area contributed by atoms with Crippen LogP contribution in [0, 0.1) is 6.92 Å². The van der Waals surface area contributed by atoms with Gasteiger partial charge in [0.05, 0.1) is 10.6 Å². The Balaban J connectivity index is 2.09. The van der Waals surface area contributed by atoms with Crippen LogP contribution in [-0.4, -0.2) is 44.8 Å². The fraction of sp³-hybridized carbons (Fsp3) is 0.259. The first-order valence-corrected chi connectivity index (χ1v) is 13.4. The van der Waals surface area contributed by atoms with Crippen molar-refractivity contribution in [3.05, 3.63) is 95.0 Å². The molecule has 0 aliphatic heterocycles. The fourth-order valence-electron chi connectivity index (χ4n) is 3.97. The SMILES string of the molecule is CCC(C(=O)NC)N(Cc1ccccc1)C(=O)CN(c1cccc(Cl)c1C)S(=O)(=O)c1ccccc1. The molecule has 0 fully saturated rings. The molecule has 1 unspecified atom stereocenters. The summed E-state index contributed by atoms with van der Waals surface area (Å²) in [6, 6.07) is 21.3. The van der Waals surface area contributed by atoms with E-state index < -0.39 is 28.5 Å². The van der Waals surface area contributed by atoms with Crippen molar-refractivity contribution in [2.75, 3.05) is 17.9 Å². The third-order valence-electron chi connectivity index (χ3n) is 5.95. The number of hydrogen-bond acceptors (Lipinski definition) is 4. The third-order valence-corrected chi connectivity index (χ3v) is 8.13. The molecule has 0 aliphatic rings. The van der Waals surface area contributed by atoms with Crippen LogP contribution in [0.15, 0.2) is 83.8 Å². The van der Waals surface area contributed by atoms with Gasteiger partial charge in [0, 0.05) is 18.6 Å². The van der Waals surface area contributed by atoms with Crippen LogP contribution < -0.4 is 9.62 Å². The molecule has 1 atom stereocenters. The van der Waals surface area contributed by atoms with Gasteiger partial charge in [-0.1, -0.05) is 73.1 Å². The summed E-state index contributed by atoms with van der Waals surface area (Å²) in [6.45, 7) is 3.17. The van der Waals surface area contributed by atoms with Crippen molar-refractivity contribution in [1.29, 1.82) is 0 Å². The summed E-state index contributed by atoms with van der Waals surface area (Å²) in [5, 5.41) is 2.99. The summed E-state index contributed by atoms with van der Waals surface area (Å²) in [5.74, 6) is -0.827. The van der Waals surface area contributed by atoms with E-state index in [-0.39, 0.29) is 17.3 Å². The zero-order chi connectivity index (χ0) is 26.3. The highest BCUT2D eigenvalue weighted by molar-refractivity contribution is 7.92. The first-order valence-electron chi connectivity index (χ1n) is 11.6. The Morgan fingerprint density at radius 2 is 1.56 bits per heavy atom. The van der Waals surface area contributed by atoms with Crippen LogP contribution in [0.25, 0.3) is 0 Å². The number of nitrogens with one attached hydrogen (secondary N) is 1. The Bertz CT molecular complexity index is 1300. The minimum atomic E-state index is -4.13. The van der Waals surface area contributed by atoms with E-state index in [1.54, 1.807) is 43.3 Å². The van der Waals surface area contributed by atoms with Gasteiger partial charge >= 0.3 is 0 Å². The number of sulfonamides is 1. The van der Waals surface area contributed by atoms with Crippen molar-refractivity contribution in [2.45, 2.75) is 37.8 Å². The van der Waals surface area contributed by atoms with Gasteiger partial charge in [-0.2, -0.15) is 0 Å². The van der Waals surface area contributed by atoms with Crippen molar-refractivity contribution >= 4 is 39.1 Å². The monoisotopic (exact) mass is 527 g/mol. The predicted molar refractivity (Wildman–Crippen MR) is 142 cm³/mol. The number of anilines is 1. The Hall–Kier alpha value is -3.36. The second kappa shape index (κ2) is 12.1. The summed E-state index contributed by atoms with van der Waals surface area (Å²) in [5.41, 5.74) is 1.65. The van der Waals surface area contributed by atoms with Crippen LogP contribution in [0.2, 0.25) is 5.02 Å². The topological polar surface area (TPSA) is 86.8 Å². The fourth-order valence-corrected chi connectivity index (χ4v) is 5.63. The maximum atomic E-state index is 13.8. The van der Waals surface area contributed by atoms with Gasteiger partial charge < -0.3 is 10.2 Å². The Morgan fingerprint density at radius 3 is 2.14 bits per heavy atom. The molecule has 9 heteroatoms. The molecule has 0 saturated carbocycles. The minimum Gasteiger partial charge on any atom is -0.357 e. The summed E-state index contributed by atoms with van der Waals surface area (Å²) in [6.07, 6.45) is 0.361. The molecule has 0 saturated heterocycles. The van der Waals surface area contributed by atoms with E-state index in [9.17, 15) is 18.0 Å². The van der Waals surface area contributed by atoms with E-state index in [2.05, 4.69) is 5.32 Å². The lowest BCUT2D eigenvalue weighted by Gasteiger charge is -2.33. The highest BCUT2D eigenvalue weighted by Gasteiger charge is 2.34. The standard InChI is InChI=1S/C27H30ClN3O4S/c1-4-24(27(33)29-3)30(18-21-12-7-5-8-13-21)26(32)19-31(25-17-11-16-23(28)20(25)2)36(34,35)22-14-9-6-10-15-22/h5-17,24H,4,18-19H2,1-3H3,(H,29,33). The average molecular weight is 528 g/mol. The molecular formula is C27H30ClN3O4S. The molecule has 190 valence electrons. The lowest BCUT2D eigenvalue weighted by atomic mass is 10.1. The van der Waals surface area contributed by atoms with Gasteiger partial charge in [0.25, 0.3) is 10.0 Å². The molecule has 0 aromatic heterocycles. The van der Waals surface area contributed by atoms with Gasteiger partial charge in [-0.15, -0.1) is 0 Å². The molecular weight excluding hydrogens is 498 g/mol. The molecule has 3 aromatic carbocycles. The molecule has 3 rings (SSSR count). The molecule has 0 aliphatic carbocycles. The van der Waals surface area contributed by atoms with Crippen LogP contribution in [0.1, 0.15) is 24.5 Å². The average Bonchev–Trinajstić information content (AvgIpc) is 2.89. The van der Waals surface area contributed by atoms with Crippen molar-refractivity contribution in [3.8, 4) is 0 Å². The molecule has 1 N–H and O–H groups in total. The Labute approximate surface area is 217 Å². The number of nitrogens with zero attached hydrogens (tertiary/aromatic N) is 2. The number of likely N-dealkylation sites (N-methyl/N-ethyl adjacent to an activating group) is 1. The van der Waals surface area contributed by atoms with Gasteiger partial charge in [-0.05, 0) is 48.7 Å². The number of amides is 2. The number of carbonyl (C=O) groups excluding carboxylic acids is 2. The van der Waals surface area contributed by atoms with Crippen LogP contribution >= 0.6 is 11.6 Å². The van der Waals surface area contributed by atoms with Crippen LogP contribution in [0.5, 0.6) is 0 Å². The highest BCUT2D eigenvalue weighted by atomic mass is 35.5. The Kier molecular flexibility index (Phi) is 9.12. The highest BCUT2D eigenvalue weighted by Crippen LogP contribution is 2.31. The van der Waals surface area contributed by atoms with E-state index in [4.69, 9.17) is 11.6 Å². The Morgan fingerprint density at radius 1 is 0.944 bits per heavy atom. The predicted octanol–water partition coefficient (Wildman–Crippen LogP) is 4.40. The minimum absolute atomic E-state index is 0.0464. The van der Waals surface area contributed by atoms with E-state index in [0.29, 0.717) is 22.7 Å². The second-order valence-electron chi connectivity index (χ2n) is 8.25. The summed E-state index contributed by atoms with van der Waals surface area (Å²) in [7, 11) is -2.61. The van der Waals surface area contributed by atoms with E-state index in [0.717, 1.165) is 9.87 Å². The lowest BCUT2D eigenvalue weighted by molar-refractivity contribution is -0.140. The second-order valence-corrected chi connectivity index (χ2v) is 10.5. The van der Waals surface area contributed by atoms with Crippen molar-refractivity contribution < 1.29 is 18.0 Å². The molecule has 0 radical (unpaired) electrons. The number of hydrogen-bond donors (Lipinski definition) is 1. The van der Waals surface area contributed by atoms with E-state index in [1.807, 2.05) is 37.3 Å². The van der Waals surface area contributed by atoms with Gasteiger partial charge in [0.2, 0.25) is 11.8 Å². The summed E-state index contributed by atoms with van der Waals surface area (Å²) >= 11 is 6.32. The zero-order valence-electron chi connectivity index (χ0n) is 20.5. The molecule has 0 spiro atoms. The van der Waals surface area contributed by atoms with Gasteiger partial charge in [-0.25, -0.2) is 8.42 Å². The zero-order valence-corrected chi connectivity index (χ0v) is 22.1. The first-order chi connectivity index (χ1) is 17.2. The number of benzene rings is 3. The number of halogens is 1. The summed E-state index contributed by atoms with van der Waals surface area (Å²) < 4.78 is 28.6. The molecule has 3 aromatic rings. The normalized spacial score (nSPS) is 12.0.